The van der Waals surface area contributed by atoms with Gasteiger partial charge in [0.05, 0.1) is 0 Å². The number of benzene rings is 4. The molecule has 3 aliphatic rings. The number of fused-ring (bicyclic) bond motifs is 4. The van der Waals surface area contributed by atoms with Gasteiger partial charge in [-0.1, -0.05) is 97.1 Å². The van der Waals surface area contributed by atoms with E-state index >= 15 is 0 Å². The molecule has 0 unspecified atom stereocenters. The highest BCUT2D eigenvalue weighted by molar-refractivity contribution is 5.96. The fourth-order valence-electron chi connectivity index (χ4n) is 5.55. The van der Waals surface area contributed by atoms with Crippen molar-refractivity contribution in [2.24, 2.45) is 0 Å². The third-order valence-electron chi connectivity index (χ3n) is 7.00. The molecule has 0 amide bonds. The van der Waals surface area contributed by atoms with E-state index in [0.29, 0.717) is 0 Å². The Morgan fingerprint density at radius 1 is 0.484 bits per heavy atom. The van der Waals surface area contributed by atoms with E-state index in [1.807, 2.05) is 0 Å². The molecule has 4 aromatic rings. The summed E-state index contributed by atoms with van der Waals surface area (Å²) < 4.78 is 0. The Bertz CT molecular complexity index is 1290. The maximum Gasteiger partial charge on any atom is -0.00763 e. The van der Waals surface area contributed by atoms with Gasteiger partial charge >= 0.3 is 0 Å². The van der Waals surface area contributed by atoms with Crippen LogP contribution in [-0.2, 0) is 19.3 Å². The first-order chi connectivity index (χ1) is 15.4. The van der Waals surface area contributed by atoms with E-state index in [9.17, 15) is 0 Å². The van der Waals surface area contributed by atoms with Gasteiger partial charge in [-0.15, -0.1) is 0 Å². The first-order valence-corrected chi connectivity index (χ1v) is 11.4. The van der Waals surface area contributed by atoms with Crippen molar-refractivity contribution in [3.8, 4) is 0 Å². The lowest BCUT2D eigenvalue weighted by molar-refractivity contribution is 0.919. The molecule has 31 heavy (non-hydrogen) atoms. The smallest absolute Gasteiger partial charge is 0.00763 e. The Balaban J connectivity index is 0.000000126. The van der Waals surface area contributed by atoms with Gasteiger partial charge in [-0.2, -0.15) is 0 Å². The lowest BCUT2D eigenvalue weighted by atomic mass is 9.76. The molecule has 0 aliphatic heterocycles. The van der Waals surface area contributed by atoms with Crippen molar-refractivity contribution in [2.45, 2.75) is 32.1 Å². The Hall–Kier alpha value is -3.38. The maximum absolute atomic E-state index is 2.30. The molecular formula is C31H26. The van der Waals surface area contributed by atoms with Crippen LogP contribution in [0.15, 0.2) is 91.0 Å². The predicted octanol–water partition coefficient (Wildman–Crippen LogP) is 7.90. The Kier molecular flexibility index (Phi) is 4.57. The van der Waals surface area contributed by atoms with Crippen molar-refractivity contribution >= 4 is 28.0 Å². The zero-order valence-corrected chi connectivity index (χ0v) is 17.8. The molecule has 7 rings (SSSR count). The second kappa shape index (κ2) is 7.71. The topological polar surface area (TPSA) is 0 Å². The van der Waals surface area contributed by atoms with Gasteiger partial charge in [-0.25, -0.2) is 0 Å². The fourth-order valence-corrected chi connectivity index (χ4v) is 5.55. The average molecular weight is 399 g/mol. The average Bonchev–Trinajstić information content (AvgIpc) is 2.85. The van der Waals surface area contributed by atoms with Gasteiger partial charge in [0.1, 0.15) is 0 Å². The summed E-state index contributed by atoms with van der Waals surface area (Å²) >= 11 is 0. The van der Waals surface area contributed by atoms with Crippen molar-refractivity contribution < 1.29 is 0 Å². The van der Waals surface area contributed by atoms with Crippen LogP contribution in [0.4, 0.5) is 0 Å². The van der Waals surface area contributed by atoms with Gasteiger partial charge in [-0.05, 0) is 87.4 Å². The van der Waals surface area contributed by atoms with Crippen molar-refractivity contribution in [2.75, 3.05) is 0 Å². The molecule has 0 heterocycles. The monoisotopic (exact) mass is 398 g/mol. The minimum Gasteiger partial charge on any atom is -0.0795 e. The molecule has 0 spiro atoms. The molecule has 0 bridgehead atoms. The summed E-state index contributed by atoms with van der Waals surface area (Å²) in [5.74, 6) is 0. The largest absolute Gasteiger partial charge is 0.0795 e. The second-order valence-electron chi connectivity index (χ2n) is 8.74. The lowest BCUT2D eigenvalue weighted by Crippen LogP contribution is -2.11. The van der Waals surface area contributed by atoms with Crippen LogP contribution >= 0.6 is 0 Å². The summed E-state index contributed by atoms with van der Waals surface area (Å²) in [5.41, 5.74) is 12.1. The predicted molar refractivity (Wildman–Crippen MR) is 133 cm³/mol. The van der Waals surface area contributed by atoms with Crippen LogP contribution in [0.3, 0.4) is 0 Å². The molecule has 0 nitrogen and oxygen atoms in total. The van der Waals surface area contributed by atoms with Gasteiger partial charge in [-0.3, -0.25) is 0 Å². The third kappa shape index (κ3) is 3.24. The Labute approximate surface area is 184 Å². The third-order valence-corrected chi connectivity index (χ3v) is 7.00. The van der Waals surface area contributed by atoms with Gasteiger partial charge in [0, 0.05) is 0 Å². The summed E-state index contributed by atoms with van der Waals surface area (Å²) in [5, 5.41) is 2.80. The number of hydrogen-bond donors (Lipinski definition) is 0. The fraction of sp³-hybridized carbons (Fsp3) is 0.161. The van der Waals surface area contributed by atoms with E-state index in [1.165, 1.54) is 69.8 Å². The molecule has 150 valence electrons. The van der Waals surface area contributed by atoms with Gasteiger partial charge < -0.3 is 0 Å². The van der Waals surface area contributed by atoms with Crippen LogP contribution in [0.1, 0.15) is 46.2 Å². The Morgan fingerprint density at radius 2 is 1.06 bits per heavy atom. The van der Waals surface area contributed by atoms with Crippen molar-refractivity contribution in [3.63, 3.8) is 0 Å². The van der Waals surface area contributed by atoms with Crippen molar-refractivity contribution in [1.29, 1.82) is 0 Å². The van der Waals surface area contributed by atoms with Crippen LogP contribution in [0.5, 0.6) is 0 Å². The summed E-state index contributed by atoms with van der Waals surface area (Å²) in [6.45, 7) is 0. The molecule has 0 saturated carbocycles. The van der Waals surface area contributed by atoms with Gasteiger partial charge in [0.15, 0.2) is 0 Å². The molecule has 0 aromatic heterocycles. The molecule has 0 atom stereocenters. The van der Waals surface area contributed by atoms with E-state index in [2.05, 4.69) is 97.1 Å². The number of hydrogen-bond acceptors (Lipinski definition) is 0. The highest BCUT2D eigenvalue weighted by Gasteiger charge is 2.24. The van der Waals surface area contributed by atoms with Crippen LogP contribution < -0.4 is 0 Å². The number of allylic oxidation sites excluding steroid dienone is 3. The second-order valence-corrected chi connectivity index (χ2v) is 8.74. The van der Waals surface area contributed by atoms with E-state index in [-0.39, 0.29) is 0 Å². The van der Waals surface area contributed by atoms with Gasteiger partial charge in [0.2, 0.25) is 0 Å². The molecule has 0 N–H and O–H groups in total. The Morgan fingerprint density at radius 3 is 1.74 bits per heavy atom. The standard InChI is InChI=1S/C18H16.C13H10/c1-3-7-15-13(5-1)9-11-18-16-8-4-2-6-14(16)10-12-17(15)18;1-4-10-6-2-8-12-9-3-7-11(5-1)13(10)12/h1-8H,9-12H2;1-8H,9H2. The molecule has 0 fully saturated rings. The quantitative estimate of drug-likeness (QED) is 0.282. The van der Waals surface area contributed by atoms with Crippen LogP contribution in [0.25, 0.3) is 28.0 Å². The number of aryl methyl sites for hydroxylation is 2. The van der Waals surface area contributed by atoms with E-state index < -0.39 is 0 Å². The lowest BCUT2D eigenvalue weighted by Gasteiger charge is -2.29. The van der Waals surface area contributed by atoms with Crippen LogP contribution in [-0.4, -0.2) is 0 Å². The SMILES string of the molecule is C1=Cc2cccc3cccc(c23)C1.c1ccc2c(c1)CCC1=C2CCc2ccccc21. The molecular weight excluding hydrogens is 372 g/mol. The summed E-state index contributed by atoms with van der Waals surface area (Å²) in [7, 11) is 0. The first-order valence-electron chi connectivity index (χ1n) is 11.4. The first kappa shape index (κ1) is 18.4. The van der Waals surface area contributed by atoms with E-state index in [0.717, 1.165) is 6.42 Å². The van der Waals surface area contributed by atoms with Gasteiger partial charge in [0.25, 0.3) is 0 Å². The summed E-state index contributed by atoms with van der Waals surface area (Å²) in [6, 6.07) is 30.9. The minimum absolute atomic E-state index is 1.08. The molecule has 0 saturated heterocycles. The van der Waals surface area contributed by atoms with E-state index in [1.54, 1.807) is 11.1 Å². The highest BCUT2D eigenvalue weighted by Crippen LogP contribution is 2.43. The molecule has 0 radical (unpaired) electrons. The zero-order valence-electron chi connectivity index (χ0n) is 17.8. The maximum atomic E-state index is 2.30. The van der Waals surface area contributed by atoms with Crippen molar-refractivity contribution in [3.05, 3.63) is 124 Å². The number of rotatable bonds is 0. The van der Waals surface area contributed by atoms with Crippen LogP contribution in [0.2, 0.25) is 0 Å². The highest BCUT2D eigenvalue weighted by atomic mass is 14.3. The molecule has 4 aromatic carbocycles. The molecule has 0 heteroatoms. The summed E-state index contributed by atoms with van der Waals surface area (Å²) in [4.78, 5) is 0. The minimum atomic E-state index is 1.08. The zero-order chi connectivity index (χ0) is 20.6. The summed E-state index contributed by atoms with van der Waals surface area (Å²) in [6.07, 6.45) is 10.3. The normalized spacial score (nSPS) is 15.5. The van der Waals surface area contributed by atoms with Crippen molar-refractivity contribution in [1.82, 2.24) is 0 Å². The van der Waals surface area contributed by atoms with Crippen LogP contribution in [0, 0.1) is 0 Å². The molecule has 3 aliphatic carbocycles. The van der Waals surface area contributed by atoms with E-state index in [4.69, 9.17) is 0 Å².